The Morgan fingerprint density at radius 1 is 1.32 bits per heavy atom. The maximum Gasteiger partial charge on any atom is 0.256 e. The number of H-pyrrole nitrogens is 1. The first-order valence-electron chi connectivity index (χ1n) is 9.67. The molecule has 1 aromatic heterocycles. The van der Waals surface area contributed by atoms with E-state index in [4.69, 9.17) is 0 Å². The van der Waals surface area contributed by atoms with Gasteiger partial charge in [-0.3, -0.25) is 9.59 Å². The number of nitrogens with one attached hydrogen (secondary N) is 2. The molecule has 0 unspecified atom stereocenters. The number of aromatic nitrogens is 2. The molecule has 0 bridgehead atoms. The highest BCUT2D eigenvalue weighted by Crippen LogP contribution is 2.36. The van der Waals surface area contributed by atoms with Gasteiger partial charge in [0.1, 0.15) is 11.6 Å². The van der Waals surface area contributed by atoms with Gasteiger partial charge in [-0.1, -0.05) is 5.57 Å². The number of carbonyl (C=O) groups is 1. The molecule has 1 aromatic rings. The molecule has 1 fully saturated rings. The summed E-state index contributed by atoms with van der Waals surface area (Å²) in [5, 5.41) is 3.42. The number of amides is 1. The van der Waals surface area contributed by atoms with Crippen LogP contribution in [-0.4, -0.2) is 39.6 Å². The molecule has 0 aromatic carbocycles. The summed E-state index contributed by atoms with van der Waals surface area (Å²) in [5.41, 5.74) is 3.55. The van der Waals surface area contributed by atoms with Gasteiger partial charge in [-0.25, -0.2) is 9.98 Å². The first kappa shape index (κ1) is 20.0. The van der Waals surface area contributed by atoms with Crippen LogP contribution in [0.25, 0.3) is 0 Å². The minimum absolute atomic E-state index is 0.0362. The zero-order chi connectivity index (χ0) is 20.6. The third-order valence-electron chi connectivity index (χ3n) is 5.50. The molecule has 2 N–H and O–H groups in total. The number of carbonyl (C=O) groups excluding carboxylic acids is 1. The summed E-state index contributed by atoms with van der Waals surface area (Å²) in [4.78, 5) is 38.7. The van der Waals surface area contributed by atoms with E-state index in [-0.39, 0.29) is 23.6 Å². The third kappa shape index (κ3) is 3.93. The quantitative estimate of drug-likeness (QED) is 0.464. The fraction of sp³-hybridized carbons (Fsp3) is 0.524. The monoisotopic (exact) mass is 383 g/mol. The van der Waals surface area contributed by atoms with Gasteiger partial charge < -0.3 is 15.2 Å². The molecule has 0 atom stereocenters. The van der Waals surface area contributed by atoms with E-state index in [1.807, 2.05) is 20.8 Å². The first-order chi connectivity index (χ1) is 13.1. The molecule has 7 heteroatoms. The Hall–Kier alpha value is -2.70. The topological polar surface area (TPSA) is 90.4 Å². The van der Waals surface area contributed by atoms with Crippen molar-refractivity contribution in [3.8, 4) is 0 Å². The maximum atomic E-state index is 13.4. The van der Waals surface area contributed by atoms with Gasteiger partial charge in [-0.05, 0) is 54.2 Å². The van der Waals surface area contributed by atoms with E-state index >= 15 is 0 Å². The molecule has 0 spiro atoms. The van der Waals surface area contributed by atoms with Crippen molar-refractivity contribution in [2.24, 2.45) is 4.99 Å². The molecule has 150 valence electrons. The van der Waals surface area contributed by atoms with Crippen molar-refractivity contribution in [3.05, 3.63) is 50.0 Å². The highest BCUT2D eigenvalue weighted by Gasteiger charge is 2.38. The molecule has 1 aliphatic carbocycles. The molecule has 2 heterocycles. The summed E-state index contributed by atoms with van der Waals surface area (Å²) in [5.74, 6) is 1.16. The van der Waals surface area contributed by atoms with Crippen LogP contribution in [0.3, 0.4) is 0 Å². The SMILES string of the molecule is C=N/C(NC1(C)CC1)=C(\C)C(C(=O)N1CCc2nc(C)[nH]c(=O)c2C1)=C(C)C. The van der Waals surface area contributed by atoms with E-state index in [0.717, 1.165) is 29.7 Å². The van der Waals surface area contributed by atoms with Crippen molar-refractivity contribution in [2.45, 2.75) is 66.0 Å². The molecule has 1 saturated carbocycles. The number of hydrogen-bond acceptors (Lipinski definition) is 5. The molecule has 1 amide bonds. The number of aryl methyl sites for hydroxylation is 1. The summed E-state index contributed by atoms with van der Waals surface area (Å²) in [7, 11) is 0. The Morgan fingerprint density at radius 3 is 2.57 bits per heavy atom. The van der Waals surface area contributed by atoms with Crippen LogP contribution in [0.15, 0.2) is 32.3 Å². The molecule has 28 heavy (non-hydrogen) atoms. The number of fused-ring (bicyclic) bond motifs is 1. The molecule has 0 radical (unpaired) electrons. The average molecular weight is 383 g/mol. The second-order valence-corrected chi connectivity index (χ2v) is 8.25. The lowest BCUT2D eigenvalue weighted by molar-refractivity contribution is -0.127. The predicted molar refractivity (Wildman–Crippen MR) is 110 cm³/mol. The minimum atomic E-state index is -0.164. The predicted octanol–water partition coefficient (Wildman–Crippen LogP) is 2.37. The average Bonchev–Trinajstić information content (AvgIpc) is 3.36. The number of allylic oxidation sites excluding steroid dienone is 1. The van der Waals surface area contributed by atoms with Crippen LogP contribution < -0.4 is 10.9 Å². The molecule has 1 aliphatic heterocycles. The summed E-state index contributed by atoms with van der Waals surface area (Å²) in [6, 6.07) is 0. The Balaban J connectivity index is 1.91. The molecule has 2 aliphatic rings. The smallest absolute Gasteiger partial charge is 0.256 e. The molecular formula is C21H29N5O2. The van der Waals surface area contributed by atoms with Gasteiger partial charge in [-0.15, -0.1) is 0 Å². The summed E-state index contributed by atoms with van der Waals surface area (Å²) in [6.45, 7) is 14.1. The molecule has 0 saturated heterocycles. The fourth-order valence-electron chi connectivity index (χ4n) is 3.60. The van der Waals surface area contributed by atoms with Crippen LogP contribution in [0.5, 0.6) is 0 Å². The van der Waals surface area contributed by atoms with Crippen molar-refractivity contribution >= 4 is 12.6 Å². The van der Waals surface area contributed by atoms with E-state index in [1.165, 1.54) is 0 Å². The lowest BCUT2D eigenvalue weighted by Crippen LogP contribution is -2.41. The molecule has 7 nitrogen and oxygen atoms in total. The van der Waals surface area contributed by atoms with E-state index in [0.29, 0.717) is 35.7 Å². The van der Waals surface area contributed by atoms with Crippen LogP contribution in [0.1, 0.15) is 57.6 Å². The lowest BCUT2D eigenvalue weighted by atomic mass is 9.98. The maximum absolute atomic E-state index is 13.4. The molecular weight excluding hydrogens is 354 g/mol. The second kappa shape index (κ2) is 7.37. The van der Waals surface area contributed by atoms with Gasteiger partial charge in [0.05, 0.1) is 17.8 Å². The summed E-state index contributed by atoms with van der Waals surface area (Å²) in [6.07, 6.45) is 2.73. The zero-order valence-electron chi connectivity index (χ0n) is 17.4. The summed E-state index contributed by atoms with van der Waals surface area (Å²) < 4.78 is 0. The normalized spacial score (nSPS) is 18.0. The van der Waals surface area contributed by atoms with Crippen LogP contribution in [0, 0.1) is 6.92 Å². The van der Waals surface area contributed by atoms with Crippen LogP contribution >= 0.6 is 0 Å². The number of hydrogen-bond donors (Lipinski definition) is 2. The van der Waals surface area contributed by atoms with Crippen LogP contribution in [0.4, 0.5) is 0 Å². The minimum Gasteiger partial charge on any atom is -0.365 e. The van der Waals surface area contributed by atoms with Crippen molar-refractivity contribution in [1.82, 2.24) is 20.2 Å². The third-order valence-corrected chi connectivity index (χ3v) is 5.50. The Morgan fingerprint density at radius 2 is 2.00 bits per heavy atom. The van der Waals surface area contributed by atoms with E-state index in [1.54, 1.807) is 11.8 Å². The number of rotatable bonds is 5. The van der Waals surface area contributed by atoms with Crippen LogP contribution in [0.2, 0.25) is 0 Å². The largest absolute Gasteiger partial charge is 0.365 e. The highest BCUT2D eigenvalue weighted by molar-refractivity contribution is 5.98. The second-order valence-electron chi connectivity index (χ2n) is 8.25. The fourth-order valence-corrected chi connectivity index (χ4v) is 3.60. The van der Waals surface area contributed by atoms with E-state index in [9.17, 15) is 9.59 Å². The van der Waals surface area contributed by atoms with Crippen molar-refractivity contribution in [1.29, 1.82) is 0 Å². The van der Waals surface area contributed by atoms with Gasteiger partial charge in [0.2, 0.25) is 0 Å². The van der Waals surface area contributed by atoms with E-state index < -0.39 is 0 Å². The number of nitrogens with zero attached hydrogens (tertiary/aromatic N) is 3. The van der Waals surface area contributed by atoms with E-state index in [2.05, 4.69) is 33.9 Å². The number of aromatic amines is 1. The number of aliphatic imine (C=N–C) groups is 1. The van der Waals surface area contributed by atoms with Gasteiger partial charge >= 0.3 is 0 Å². The van der Waals surface area contributed by atoms with Gasteiger partial charge in [-0.2, -0.15) is 0 Å². The van der Waals surface area contributed by atoms with Crippen LogP contribution in [-0.2, 0) is 17.8 Å². The highest BCUT2D eigenvalue weighted by atomic mass is 16.2. The first-order valence-corrected chi connectivity index (χ1v) is 9.67. The Kier molecular flexibility index (Phi) is 5.28. The van der Waals surface area contributed by atoms with Crippen molar-refractivity contribution in [3.63, 3.8) is 0 Å². The Labute approximate surface area is 165 Å². The van der Waals surface area contributed by atoms with Gasteiger partial charge in [0, 0.05) is 29.7 Å². The van der Waals surface area contributed by atoms with Gasteiger partial charge in [0.15, 0.2) is 0 Å². The van der Waals surface area contributed by atoms with Crippen molar-refractivity contribution in [2.75, 3.05) is 6.54 Å². The standard InChI is InChI=1S/C21H29N5O2/c1-12(2)17(13(3)18(22-6)25-21(5)8-9-21)20(28)26-10-7-16-15(11-26)19(27)24-14(4)23-16/h25H,6-11H2,1-5H3,(H,23,24,27)/b18-13-. The zero-order valence-corrected chi connectivity index (χ0v) is 17.4. The Bertz CT molecular complexity index is 946. The lowest BCUT2D eigenvalue weighted by Gasteiger charge is -2.29. The van der Waals surface area contributed by atoms with Gasteiger partial charge in [0.25, 0.3) is 11.5 Å². The van der Waals surface area contributed by atoms with Crippen molar-refractivity contribution < 1.29 is 4.79 Å². The molecule has 3 rings (SSSR count). The summed E-state index contributed by atoms with van der Waals surface area (Å²) >= 11 is 0.